The average molecular weight is 466 g/mol. The molecule has 4 rings (SSSR count). The average Bonchev–Trinajstić information content (AvgIpc) is 3.21. The maximum atomic E-state index is 12.3. The van der Waals surface area contributed by atoms with E-state index in [9.17, 15) is 13.6 Å². The number of halogens is 1. The SMILES string of the molecule is CC(C)(C)OC(=O)N1C=Cc2cc(N(c3c(Cl)nc4sccn34)S(=O)[O-])ccc2C1. The summed E-state index contributed by atoms with van der Waals surface area (Å²) in [5.41, 5.74) is 1.48. The number of ether oxygens (including phenoxy) is 1. The van der Waals surface area contributed by atoms with Gasteiger partial charge in [0.2, 0.25) is 0 Å². The van der Waals surface area contributed by atoms with Crippen LogP contribution in [0.5, 0.6) is 0 Å². The first-order valence-corrected chi connectivity index (χ1v) is 11.2. The van der Waals surface area contributed by atoms with Crippen molar-refractivity contribution in [2.24, 2.45) is 0 Å². The normalized spacial score (nSPS) is 14.6. The van der Waals surface area contributed by atoms with E-state index < -0.39 is 23.0 Å². The Morgan fingerprint density at radius 1 is 1.40 bits per heavy atom. The molecule has 0 aliphatic carbocycles. The second-order valence-electron chi connectivity index (χ2n) is 7.60. The number of fused-ring (bicyclic) bond motifs is 2. The lowest BCUT2D eigenvalue weighted by Crippen LogP contribution is -2.34. The third-order valence-electron chi connectivity index (χ3n) is 4.30. The minimum absolute atomic E-state index is 0.0930. The van der Waals surface area contributed by atoms with E-state index in [1.54, 1.807) is 46.5 Å². The molecular formula is C19H18ClN4O4S2-. The molecule has 1 amide bonds. The van der Waals surface area contributed by atoms with E-state index in [1.165, 1.54) is 16.2 Å². The number of aromatic nitrogens is 2. The first-order chi connectivity index (χ1) is 14.1. The topological polar surface area (TPSA) is 90.2 Å². The number of amides is 1. The molecule has 1 aliphatic rings. The van der Waals surface area contributed by atoms with Crippen LogP contribution < -0.4 is 4.31 Å². The summed E-state index contributed by atoms with van der Waals surface area (Å²) in [6.07, 6.45) is 4.64. The molecule has 0 saturated heterocycles. The van der Waals surface area contributed by atoms with E-state index >= 15 is 0 Å². The molecule has 158 valence electrons. The molecule has 0 fully saturated rings. The number of anilines is 2. The van der Waals surface area contributed by atoms with Crippen LogP contribution in [0.3, 0.4) is 0 Å². The standard InChI is InChI=1S/C19H19ClN4O4S2/c1-19(2,3)28-18(25)22-7-6-12-10-14(5-4-13(12)11-22)24(30(26)27)16-15(20)21-17-23(16)8-9-29-17/h4-10H,11H2,1-3H3,(H,26,27)/p-1. The molecule has 0 saturated carbocycles. The van der Waals surface area contributed by atoms with Crippen molar-refractivity contribution in [1.29, 1.82) is 0 Å². The van der Waals surface area contributed by atoms with Crippen molar-refractivity contribution >= 4 is 62.8 Å². The van der Waals surface area contributed by atoms with Gasteiger partial charge in [0.05, 0.1) is 23.5 Å². The maximum absolute atomic E-state index is 12.3. The summed E-state index contributed by atoms with van der Waals surface area (Å²) in [6.45, 7) is 5.75. The molecule has 8 nitrogen and oxygen atoms in total. The van der Waals surface area contributed by atoms with E-state index in [0.29, 0.717) is 17.2 Å². The van der Waals surface area contributed by atoms with Crippen molar-refractivity contribution in [3.8, 4) is 0 Å². The predicted molar refractivity (Wildman–Crippen MR) is 116 cm³/mol. The van der Waals surface area contributed by atoms with Crippen LogP contribution in [-0.4, -0.2) is 34.7 Å². The molecule has 0 radical (unpaired) electrons. The Morgan fingerprint density at radius 2 is 2.17 bits per heavy atom. The number of hydrogen-bond acceptors (Lipinski definition) is 6. The molecule has 0 N–H and O–H groups in total. The van der Waals surface area contributed by atoms with Crippen LogP contribution in [0, 0.1) is 0 Å². The molecule has 2 aromatic heterocycles. The minimum Gasteiger partial charge on any atom is -0.755 e. The van der Waals surface area contributed by atoms with Crippen LogP contribution in [0.25, 0.3) is 11.0 Å². The largest absolute Gasteiger partial charge is 0.755 e. The quantitative estimate of drug-likeness (QED) is 0.523. The lowest BCUT2D eigenvalue weighted by atomic mass is 10.0. The van der Waals surface area contributed by atoms with E-state index in [1.807, 2.05) is 20.8 Å². The summed E-state index contributed by atoms with van der Waals surface area (Å²) in [5, 5.41) is 1.89. The van der Waals surface area contributed by atoms with E-state index in [4.69, 9.17) is 16.3 Å². The van der Waals surface area contributed by atoms with Crippen LogP contribution in [0.2, 0.25) is 5.15 Å². The monoisotopic (exact) mass is 465 g/mol. The molecule has 3 aromatic rings. The Kier molecular flexibility index (Phi) is 5.35. The number of benzene rings is 1. The lowest BCUT2D eigenvalue weighted by Gasteiger charge is -2.29. The fourth-order valence-electron chi connectivity index (χ4n) is 3.07. The second kappa shape index (κ2) is 7.69. The Bertz CT molecular complexity index is 1180. The predicted octanol–water partition coefficient (Wildman–Crippen LogP) is 4.70. The smallest absolute Gasteiger partial charge is 0.414 e. The van der Waals surface area contributed by atoms with Gasteiger partial charge in [0.25, 0.3) is 0 Å². The van der Waals surface area contributed by atoms with Crippen LogP contribution >= 0.6 is 22.9 Å². The highest BCUT2D eigenvalue weighted by Gasteiger charge is 2.25. The summed E-state index contributed by atoms with van der Waals surface area (Å²) in [5.74, 6) is 0.247. The molecule has 0 bridgehead atoms. The molecule has 1 aromatic carbocycles. The molecule has 1 unspecified atom stereocenters. The number of imidazole rings is 1. The van der Waals surface area contributed by atoms with Crippen LogP contribution in [0.1, 0.15) is 31.9 Å². The summed E-state index contributed by atoms with van der Waals surface area (Å²) in [7, 11) is 0. The van der Waals surface area contributed by atoms with E-state index in [0.717, 1.165) is 15.4 Å². The molecule has 11 heteroatoms. The van der Waals surface area contributed by atoms with Gasteiger partial charge in [-0.05, 0) is 50.1 Å². The van der Waals surface area contributed by atoms with Crippen LogP contribution in [0.15, 0.2) is 36.0 Å². The number of thiazole rings is 1. The third-order valence-corrected chi connectivity index (χ3v) is 6.00. The minimum atomic E-state index is -2.63. The zero-order valence-corrected chi connectivity index (χ0v) is 18.8. The summed E-state index contributed by atoms with van der Waals surface area (Å²) in [4.78, 5) is 18.6. The van der Waals surface area contributed by atoms with Gasteiger partial charge in [0.1, 0.15) is 5.60 Å². The summed E-state index contributed by atoms with van der Waals surface area (Å²) >= 11 is 4.96. The molecule has 1 atom stereocenters. The van der Waals surface area contributed by atoms with Crippen molar-refractivity contribution in [3.05, 3.63) is 52.3 Å². The molecular weight excluding hydrogens is 448 g/mol. The van der Waals surface area contributed by atoms with Gasteiger partial charge in [-0.25, -0.2) is 9.78 Å². The Hall–Kier alpha value is -2.40. The first-order valence-electron chi connectivity index (χ1n) is 8.95. The molecule has 3 heterocycles. The number of carbonyl (C=O) groups excluding carboxylic acids is 1. The third kappa shape index (κ3) is 3.95. The number of hydrogen-bond donors (Lipinski definition) is 0. The number of nitrogens with zero attached hydrogens (tertiary/aromatic N) is 4. The van der Waals surface area contributed by atoms with Crippen molar-refractivity contribution in [1.82, 2.24) is 14.3 Å². The van der Waals surface area contributed by atoms with Crippen molar-refractivity contribution in [2.75, 3.05) is 4.31 Å². The highest BCUT2D eigenvalue weighted by Crippen LogP contribution is 2.36. The van der Waals surface area contributed by atoms with Gasteiger partial charge in [-0.2, -0.15) is 0 Å². The first kappa shape index (κ1) is 20.9. The Morgan fingerprint density at radius 3 is 2.87 bits per heavy atom. The summed E-state index contributed by atoms with van der Waals surface area (Å²) < 4.78 is 32.3. The Balaban J connectivity index is 1.67. The zero-order valence-electron chi connectivity index (χ0n) is 16.4. The van der Waals surface area contributed by atoms with Crippen molar-refractivity contribution < 1.29 is 18.3 Å². The van der Waals surface area contributed by atoms with Gasteiger partial charge in [-0.15, -0.1) is 11.3 Å². The van der Waals surface area contributed by atoms with Gasteiger partial charge >= 0.3 is 6.09 Å². The highest BCUT2D eigenvalue weighted by atomic mass is 35.5. The number of carbonyl (C=O) groups is 1. The number of rotatable bonds is 3. The van der Waals surface area contributed by atoms with Gasteiger partial charge in [-0.3, -0.25) is 17.8 Å². The lowest BCUT2D eigenvalue weighted by molar-refractivity contribution is 0.0322. The summed E-state index contributed by atoms with van der Waals surface area (Å²) in [6, 6.07) is 5.18. The van der Waals surface area contributed by atoms with Crippen molar-refractivity contribution in [3.63, 3.8) is 0 Å². The fourth-order valence-corrected chi connectivity index (χ4v) is 4.73. The van der Waals surface area contributed by atoms with Gasteiger partial charge < -0.3 is 9.29 Å². The van der Waals surface area contributed by atoms with E-state index in [-0.39, 0.29) is 11.0 Å². The van der Waals surface area contributed by atoms with E-state index in [2.05, 4.69) is 4.98 Å². The molecule has 1 aliphatic heterocycles. The van der Waals surface area contributed by atoms with Crippen LogP contribution in [0.4, 0.5) is 16.3 Å². The fraction of sp³-hybridized carbons (Fsp3) is 0.263. The van der Waals surface area contributed by atoms with Gasteiger partial charge in [-0.1, -0.05) is 17.7 Å². The molecule has 0 spiro atoms. The highest BCUT2D eigenvalue weighted by molar-refractivity contribution is 7.81. The maximum Gasteiger partial charge on any atom is 0.414 e. The van der Waals surface area contributed by atoms with Crippen LogP contribution in [-0.2, 0) is 22.5 Å². The Labute approximate surface area is 184 Å². The van der Waals surface area contributed by atoms with Crippen molar-refractivity contribution in [2.45, 2.75) is 32.9 Å². The molecule has 30 heavy (non-hydrogen) atoms. The van der Waals surface area contributed by atoms with Gasteiger partial charge in [0.15, 0.2) is 15.9 Å². The zero-order chi connectivity index (χ0) is 21.6. The second-order valence-corrected chi connectivity index (χ2v) is 9.63. The van der Waals surface area contributed by atoms with Gasteiger partial charge in [0, 0.05) is 17.8 Å².